The van der Waals surface area contributed by atoms with Crippen LogP contribution >= 0.6 is 31.9 Å². The molecule has 0 aliphatic carbocycles. The third kappa shape index (κ3) is 3.64. The largest absolute Gasteiger partial charge is 0.506 e. The van der Waals surface area contributed by atoms with E-state index in [1.807, 2.05) is 0 Å². The first kappa shape index (κ1) is 20.6. The van der Waals surface area contributed by atoms with Crippen LogP contribution in [0.15, 0.2) is 74.1 Å². The molecule has 0 aliphatic heterocycles. The van der Waals surface area contributed by atoms with Crippen LogP contribution in [0.5, 0.6) is 5.75 Å². The van der Waals surface area contributed by atoms with E-state index in [-0.39, 0.29) is 28.6 Å². The first-order valence-electron chi connectivity index (χ1n) is 8.56. The SMILES string of the molecule is Oc1c(Br)cc(-c2noc(C(O)(c3cccc(F)c3)c3cccc(F)c3)n2)cc1Br. The van der Waals surface area contributed by atoms with Crippen LogP contribution in [0.25, 0.3) is 11.4 Å². The van der Waals surface area contributed by atoms with E-state index in [2.05, 4.69) is 42.0 Å². The van der Waals surface area contributed by atoms with E-state index in [1.54, 1.807) is 12.1 Å². The highest BCUT2D eigenvalue weighted by atomic mass is 79.9. The average molecular weight is 538 g/mol. The van der Waals surface area contributed by atoms with Gasteiger partial charge in [-0.3, -0.25) is 0 Å². The molecule has 0 amide bonds. The molecule has 0 saturated carbocycles. The zero-order valence-corrected chi connectivity index (χ0v) is 18.2. The lowest BCUT2D eigenvalue weighted by Gasteiger charge is -2.25. The van der Waals surface area contributed by atoms with Crippen molar-refractivity contribution in [3.05, 3.63) is 98.3 Å². The highest BCUT2D eigenvalue weighted by molar-refractivity contribution is 9.11. The quantitative estimate of drug-likeness (QED) is 0.358. The number of nitrogens with zero attached hydrogens (tertiary/aromatic N) is 2. The molecule has 0 spiro atoms. The molecule has 1 aromatic heterocycles. The Morgan fingerprint density at radius 3 is 1.90 bits per heavy atom. The van der Waals surface area contributed by atoms with Crippen molar-refractivity contribution < 1.29 is 23.5 Å². The monoisotopic (exact) mass is 536 g/mol. The first-order chi connectivity index (χ1) is 14.3. The maximum atomic E-state index is 13.9. The second-order valence-corrected chi connectivity index (χ2v) is 8.15. The number of benzene rings is 3. The van der Waals surface area contributed by atoms with Crippen molar-refractivity contribution in [1.82, 2.24) is 10.1 Å². The fraction of sp³-hybridized carbons (Fsp3) is 0.0476. The van der Waals surface area contributed by atoms with E-state index < -0.39 is 17.2 Å². The molecule has 3 aromatic carbocycles. The van der Waals surface area contributed by atoms with Gasteiger partial charge in [0.15, 0.2) is 5.60 Å². The fourth-order valence-corrected chi connectivity index (χ4v) is 4.21. The molecule has 5 nitrogen and oxygen atoms in total. The predicted octanol–water partition coefficient (Wildman–Crippen LogP) is 5.53. The molecule has 0 saturated heterocycles. The second kappa shape index (κ2) is 7.90. The zero-order chi connectivity index (χ0) is 21.5. The summed E-state index contributed by atoms with van der Waals surface area (Å²) in [5.41, 5.74) is -1.43. The number of halogens is 4. The van der Waals surface area contributed by atoms with E-state index in [9.17, 15) is 19.0 Å². The molecule has 0 fully saturated rings. The Balaban J connectivity index is 1.89. The van der Waals surface area contributed by atoms with Crippen LogP contribution in [-0.4, -0.2) is 20.4 Å². The molecule has 0 unspecified atom stereocenters. The Bertz CT molecular complexity index is 1180. The van der Waals surface area contributed by atoms with Crippen molar-refractivity contribution in [2.24, 2.45) is 0 Å². The van der Waals surface area contributed by atoms with Crippen molar-refractivity contribution in [3.8, 4) is 17.1 Å². The second-order valence-electron chi connectivity index (χ2n) is 6.44. The molecule has 0 bridgehead atoms. The normalized spacial score (nSPS) is 11.6. The van der Waals surface area contributed by atoms with Gasteiger partial charge in [0.2, 0.25) is 5.82 Å². The molecular formula is C21H12Br2F2N2O3. The van der Waals surface area contributed by atoms with Crippen LogP contribution < -0.4 is 0 Å². The molecule has 0 atom stereocenters. The third-order valence-corrected chi connectivity index (χ3v) is 5.70. The van der Waals surface area contributed by atoms with Crippen LogP contribution in [-0.2, 0) is 5.60 Å². The summed E-state index contributed by atoms with van der Waals surface area (Å²) >= 11 is 6.46. The molecule has 4 aromatic rings. The van der Waals surface area contributed by atoms with Crippen molar-refractivity contribution in [1.29, 1.82) is 0 Å². The molecule has 0 aliphatic rings. The number of hydrogen-bond acceptors (Lipinski definition) is 5. The molecule has 2 N–H and O–H groups in total. The van der Waals surface area contributed by atoms with Crippen LogP contribution in [0.2, 0.25) is 0 Å². The predicted molar refractivity (Wildman–Crippen MR) is 112 cm³/mol. The van der Waals surface area contributed by atoms with Crippen LogP contribution in [0.4, 0.5) is 8.78 Å². The maximum absolute atomic E-state index is 13.9. The number of aliphatic hydroxyl groups is 1. The van der Waals surface area contributed by atoms with Crippen molar-refractivity contribution >= 4 is 31.9 Å². The van der Waals surface area contributed by atoms with E-state index >= 15 is 0 Å². The van der Waals surface area contributed by atoms with Gasteiger partial charge in [-0.25, -0.2) is 8.78 Å². The van der Waals surface area contributed by atoms with Gasteiger partial charge in [0.05, 0.1) is 8.95 Å². The van der Waals surface area contributed by atoms with Crippen LogP contribution in [0.1, 0.15) is 17.0 Å². The smallest absolute Gasteiger partial charge is 0.268 e. The van der Waals surface area contributed by atoms with Gasteiger partial charge in [0.1, 0.15) is 17.4 Å². The summed E-state index contributed by atoms with van der Waals surface area (Å²) in [6, 6.07) is 13.6. The molecule has 1 heterocycles. The minimum Gasteiger partial charge on any atom is -0.506 e. The molecule has 0 radical (unpaired) electrons. The summed E-state index contributed by atoms with van der Waals surface area (Å²) in [4.78, 5) is 4.28. The summed E-state index contributed by atoms with van der Waals surface area (Å²) in [6.45, 7) is 0. The Morgan fingerprint density at radius 2 is 1.40 bits per heavy atom. The highest BCUT2D eigenvalue weighted by Gasteiger charge is 2.40. The number of phenolic OH excluding ortho intramolecular Hbond substituents is 1. The number of phenols is 1. The van der Waals surface area contributed by atoms with E-state index in [0.29, 0.717) is 14.5 Å². The molecule has 4 rings (SSSR count). The summed E-state index contributed by atoms with van der Waals surface area (Å²) in [5.74, 6) is -1.34. The van der Waals surface area contributed by atoms with Crippen molar-refractivity contribution in [2.45, 2.75) is 5.60 Å². The Kier molecular flexibility index (Phi) is 5.44. The molecule has 152 valence electrons. The number of aromatic nitrogens is 2. The summed E-state index contributed by atoms with van der Waals surface area (Å²) < 4.78 is 34.0. The molecule has 30 heavy (non-hydrogen) atoms. The Hall–Kier alpha value is -2.62. The van der Waals surface area contributed by atoms with Gasteiger partial charge in [0.25, 0.3) is 5.89 Å². The van der Waals surface area contributed by atoms with Gasteiger partial charge < -0.3 is 14.7 Å². The Labute approximate surface area is 186 Å². The summed E-state index contributed by atoms with van der Waals surface area (Å²) in [7, 11) is 0. The molecule has 9 heteroatoms. The van der Waals surface area contributed by atoms with Gasteiger partial charge in [-0.15, -0.1) is 0 Å². The lowest BCUT2D eigenvalue weighted by atomic mass is 9.86. The number of hydrogen-bond donors (Lipinski definition) is 2. The average Bonchev–Trinajstić information content (AvgIpc) is 3.22. The standard InChI is InChI=1S/C21H12Br2F2N2O3/c22-16-7-11(8-17(23)18(16)28)19-26-20(30-27-19)21(29,12-3-1-5-14(24)9-12)13-4-2-6-15(25)10-13/h1-10,28-29H. The molecular weight excluding hydrogens is 526 g/mol. The maximum Gasteiger partial charge on any atom is 0.268 e. The van der Waals surface area contributed by atoms with Gasteiger partial charge in [-0.1, -0.05) is 29.4 Å². The lowest BCUT2D eigenvalue weighted by Crippen LogP contribution is -2.29. The van der Waals surface area contributed by atoms with Crippen molar-refractivity contribution in [3.63, 3.8) is 0 Å². The van der Waals surface area contributed by atoms with E-state index in [0.717, 1.165) is 12.1 Å². The minimum absolute atomic E-state index is 0.00139. The minimum atomic E-state index is -2.10. The summed E-state index contributed by atoms with van der Waals surface area (Å²) in [6.07, 6.45) is 0. The number of rotatable bonds is 4. The first-order valence-corrected chi connectivity index (χ1v) is 10.1. The van der Waals surface area contributed by atoms with Crippen LogP contribution in [0.3, 0.4) is 0 Å². The zero-order valence-electron chi connectivity index (χ0n) is 15.0. The fourth-order valence-electron chi connectivity index (χ4n) is 3.02. The van der Waals surface area contributed by atoms with Crippen molar-refractivity contribution in [2.75, 3.05) is 0 Å². The van der Waals surface area contributed by atoms with Gasteiger partial charge in [-0.05, 0) is 68.3 Å². The topological polar surface area (TPSA) is 79.4 Å². The van der Waals surface area contributed by atoms with Gasteiger partial charge in [-0.2, -0.15) is 4.98 Å². The lowest BCUT2D eigenvalue weighted by molar-refractivity contribution is 0.0844. The summed E-state index contributed by atoms with van der Waals surface area (Å²) in [5, 5.41) is 25.4. The van der Waals surface area contributed by atoms with Gasteiger partial charge >= 0.3 is 0 Å². The van der Waals surface area contributed by atoms with Gasteiger partial charge in [0, 0.05) is 16.7 Å². The van der Waals surface area contributed by atoms with Crippen LogP contribution in [0, 0.1) is 11.6 Å². The number of aromatic hydroxyl groups is 1. The highest BCUT2D eigenvalue weighted by Crippen LogP contribution is 2.39. The van der Waals surface area contributed by atoms with E-state index in [1.165, 1.54) is 36.4 Å². The third-order valence-electron chi connectivity index (χ3n) is 4.50. The Morgan fingerprint density at radius 1 is 0.867 bits per heavy atom. The van der Waals surface area contributed by atoms with E-state index in [4.69, 9.17) is 4.52 Å².